The summed E-state index contributed by atoms with van der Waals surface area (Å²) in [6.45, 7) is 2.88. The van der Waals surface area contributed by atoms with Crippen LogP contribution in [0, 0.1) is 17.5 Å². The lowest BCUT2D eigenvalue weighted by molar-refractivity contribution is 0.102. The van der Waals surface area contributed by atoms with Crippen LogP contribution in [-0.4, -0.2) is 29.7 Å². The number of anilines is 2. The number of carbonyl (C=O) groups is 1. The number of rotatable bonds is 6. The highest BCUT2D eigenvalue weighted by atomic mass is 19.2. The first-order chi connectivity index (χ1) is 11.4. The molecule has 0 fully saturated rings. The van der Waals surface area contributed by atoms with Crippen LogP contribution in [0.2, 0.25) is 0 Å². The summed E-state index contributed by atoms with van der Waals surface area (Å²) < 4.78 is 39.6. The largest absolute Gasteiger partial charge is 0.358 e. The van der Waals surface area contributed by atoms with Gasteiger partial charge in [-0.15, -0.1) is 10.2 Å². The van der Waals surface area contributed by atoms with E-state index >= 15 is 0 Å². The van der Waals surface area contributed by atoms with Crippen LogP contribution in [0.4, 0.5) is 24.7 Å². The van der Waals surface area contributed by atoms with Gasteiger partial charge in [-0.1, -0.05) is 13.3 Å². The zero-order valence-electron chi connectivity index (χ0n) is 13.3. The van der Waals surface area contributed by atoms with Crippen molar-refractivity contribution in [3.8, 4) is 0 Å². The molecule has 2 aromatic rings. The maximum Gasteiger partial charge on any atom is 0.276 e. The van der Waals surface area contributed by atoms with Crippen LogP contribution in [0.3, 0.4) is 0 Å². The first-order valence-electron chi connectivity index (χ1n) is 7.43. The fourth-order valence-corrected chi connectivity index (χ4v) is 1.97. The van der Waals surface area contributed by atoms with Gasteiger partial charge in [0.15, 0.2) is 29.0 Å². The second-order valence-electron chi connectivity index (χ2n) is 5.23. The van der Waals surface area contributed by atoms with Crippen molar-refractivity contribution in [1.29, 1.82) is 0 Å². The smallest absolute Gasteiger partial charge is 0.276 e. The van der Waals surface area contributed by atoms with Gasteiger partial charge in [0.25, 0.3) is 5.91 Å². The van der Waals surface area contributed by atoms with Crippen LogP contribution < -0.4 is 10.2 Å². The summed E-state index contributed by atoms with van der Waals surface area (Å²) in [5, 5.41) is 9.86. The summed E-state index contributed by atoms with van der Waals surface area (Å²) in [6.07, 6.45) is 2.04. The predicted octanol–water partition coefficient (Wildman–Crippen LogP) is 3.38. The highest BCUT2D eigenvalue weighted by molar-refractivity contribution is 6.02. The maximum absolute atomic E-state index is 13.6. The molecule has 8 heteroatoms. The van der Waals surface area contributed by atoms with E-state index in [4.69, 9.17) is 0 Å². The molecule has 2 rings (SSSR count). The number of aromatic nitrogens is 2. The normalized spacial score (nSPS) is 10.5. The molecule has 0 unspecified atom stereocenters. The van der Waals surface area contributed by atoms with Gasteiger partial charge in [-0.3, -0.25) is 4.79 Å². The number of unbranched alkanes of at least 4 members (excludes halogenated alkanes) is 1. The van der Waals surface area contributed by atoms with E-state index in [9.17, 15) is 18.0 Å². The van der Waals surface area contributed by atoms with E-state index in [1.54, 1.807) is 6.07 Å². The van der Waals surface area contributed by atoms with Crippen LogP contribution in [0.25, 0.3) is 0 Å². The maximum atomic E-state index is 13.6. The molecule has 128 valence electrons. The fourth-order valence-electron chi connectivity index (χ4n) is 1.97. The van der Waals surface area contributed by atoms with Crippen molar-refractivity contribution in [2.24, 2.45) is 0 Å². The van der Waals surface area contributed by atoms with Crippen molar-refractivity contribution in [1.82, 2.24) is 10.2 Å². The number of halogens is 3. The summed E-state index contributed by atoms with van der Waals surface area (Å²) in [5.41, 5.74) is -0.531. The van der Waals surface area contributed by atoms with E-state index in [1.807, 2.05) is 11.9 Å². The molecule has 0 atom stereocenters. The van der Waals surface area contributed by atoms with Gasteiger partial charge in [-0.05, 0) is 30.7 Å². The zero-order chi connectivity index (χ0) is 17.7. The summed E-state index contributed by atoms with van der Waals surface area (Å²) >= 11 is 0. The Morgan fingerprint density at radius 3 is 2.50 bits per heavy atom. The van der Waals surface area contributed by atoms with E-state index < -0.39 is 29.0 Å². The van der Waals surface area contributed by atoms with Crippen molar-refractivity contribution >= 4 is 17.4 Å². The van der Waals surface area contributed by atoms with Gasteiger partial charge >= 0.3 is 0 Å². The van der Waals surface area contributed by atoms with Crippen molar-refractivity contribution in [3.63, 3.8) is 0 Å². The second kappa shape index (κ2) is 7.76. The number of benzene rings is 1. The Balaban J connectivity index is 2.09. The highest BCUT2D eigenvalue weighted by Crippen LogP contribution is 2.20. The third-order valence-electron chi connectivity index (χ3n) is 3.40. The van der Waals surface area contributed by atoms with Crippen molar-refractivity contribution < 1.29 is 18.0 Å². The number of carbonyl (C=O) groups excluding carboxylic acids is 1. The van der Waals surface area contributed by atoms with E-state index in [0.29, 0.717) is 5.82 Å². The molecule has 0 aliphatic heterocycles. The number of hydrogen-bond acceptors (Lipinski definition) is 4. The van der Waals surface area contributed by atoms with Gasteiger partial charge in [0.1, 0.15) is 0 Å². The number of nitrogens with zero attached hydrogens (tertiary/aromatic N) is 3. The summed E-state index contributed by atoms with van der Waals surface area (Å²) in [6, 6.07) is 4.70. The predicted molar refractivity (Wildman–Crippen MR) is 84.5 cm³/mol. The van der Waals surface area contributed by atoms with Gasteiger partial charge in [0, 0.05) is 13.6 Å². The van der Waals surface area contributed by atoms with Crippen LogP contribution in [0.5, 0.6) is 0 Å². The average molecular weight is 338 g/mol. The molecule has 1 heterocycles. The Labute approximate surface area is 137 Å². The molecule has 0 bridgehead atoms. The quantitative estimate of drug-likeness (QED) is 0.821. The minimum absolute atomic E-state index is 0.0632. The number of nitrogens with one attached hydrogen (secondary N) is 1. The van der Waals surface area contributed by atoms with Crippen LogP contribution in [0.1, 0.15) is 30.3 Å². The SMILES string of the molecule is CCCCN(C)c1ccc(C(=O)Nc2ccc(F)c(F)c2F)nn1. The fraction of sp³-hybridized carbons (Fsp3) is 0.312. The van der Waals surface area contributed by atoms with Crippen LogP contribution >= 0.6 is 0 Å². The summed E-state index contributed by atoms with van der Waals surface area (Å²) in [7, 11) is 1.86. The Morgan fingerprint density at radius 1 is 1.12 bits per heavy atom. The van der Waals surface area contributed by atoms with E-state index in [2.05, 4.69) is 22.4 Å². The topological polar surface area (TPSA) is 58.1 Å². The molecule has 0 saturated carbocycles. The minimum atomic E-state index is -1.65. The lowest BCUT2D eigenvalue weighted by Crippen LogP contribution is -2.21. The molecule has 0 aliphatic rings. The van der Waals surface area contributed by atoms with Crippen molar-refractivity contribution in [2.75, 3.05) is 23.8 Å². The Bertz CT molecular complexity index is 722. The van der Waals surface area contributed by atoms with Gasteiger partial charge in [0.05, 0.1) is 5.69 Å². The van der Waals surface area contributed by atoms with Crippen LogP contribution in [0.15, 0.2) is 24.3 Å². The standard InChI is InChI=1S/C16H17F3N4O/c1-3-4-9-23(2)13-8-7-12(21-22-13)16(24)20-11-6-5-10(17)14(18)15(11)19/h5-8H,3-4,9H2,1-2H3,(H,20,24). The van der Waals surface area contributed by atoms with Gasteiger partial charge in [-0.25, -0.2) is 13.2 Å². The lowest BCUT2D eigenvalue weighted by Gasteiger charge is -2.16. The van der Waals surface area contributed by atoms with E-state index in [0.717, 1.165) is 31.5 Å². The minimum Gasteiger partial charge on any atom is -0.358 e. The molecule has 24 heavy (non-hydrogen) atoms. The molecule has 1 amide bonds. The average Bonchev–Trinajstić information content (AvgIpc) is 2.60. The molecule has 1 aromatic heterocycles. The first kappa shape index (κ1) is 17.7. The Hall–Kier alpha value is -2.64. The molecule has 0 radical (unpaired) electrons. The van der Waals surface area contributed by atoms with Gasteiger partial charge < -0.3 is 10.2 Å². The monoisotopic (exact) mass is 338 g/mol. The third kappa shape index (κ3) is 4.01. The zero-order valence-corrected chi connectivity index (χ0v) is 13.3. The van der Waals surface area contributed by atoms with Gasteiger partial charge in [0.2, 0.25) is 0 Å². The van der Waals surface area contributed by atoms with Gasteiger partial charge in [-0.2, -0.15) is 0 Å². The molecule has 0 aliphatic carbocycles. The third-order valence-corrected chi connectivity index (χ3v) is 3.40. The Morgan fingerprint density at radius 2 is 1.88 bits per heavy atom. The molecule has 1 N–H and O–H groups in total. The second-order valence-corrected chi connectivity index (χ2v) is 5.23. The van der Waals surface area contributed by atoms with Crippen molar-refractivity contribution in [2.45, 2.75) is 19.8 Å². The highest BCUT2D eigenvalue weighted by Gasteiger charge is 2.17. The van der Waals surface area contributed by atoms with E-state index in [1.165, 1.54) is 6.07 Å². The molecule has 5 nitrogen and oxygen atoms in total. The molecular formula is C16H17F3N4O. The Kier molecular flexibility index (Phi) is 5.73. The molecular weight excluding hydrogens is 321 g/mol. The molecule has 0 saturated heterocycles. The summed E-state index contributed by atoms with van der Waals surface area (Å²) in [5.74, 6) is -4.61. The lowest BCUT2D eigenvalue weighted by atomic mass is 10.2. The number of hydrogen-bond donors (Lipinski definition) is 1. The number of amides is 1. The molecule has 0 spiro atoms. The first-order valence-corrected chi connectivity index (χ1v) is 7.43. The van der Waals surface area contributed by atoms with Crippen molar-refractivity contribution in [3.05, 3.63) is 47.4 Å². The van der Waals surface area contributed by atoms with Crippen LogP contribution in [-0.2, 0) is 0 Å². The summed E-state index contributed by atoms with van der Waals surface area (Å²) in [4.78, 5) is 13.9. The van der Waals surface area contributed by atoms with E-state index in [-0.39, 0.29) is 5.69 Å². The molecule has 1 aromatic carbocycles.